The Labute approximate surface area is 78.6 Å². The van der Waals surface area contributed by atoms with Crippen molar-refractivity contribution in [2.45, 2.75) is 13.8 Å². The van der Waals surface area contributed by atoms with E-state index >= 15 is 0 Å². The van der Waals surface area contributed by atoms with Crippen molar-refractivity contribution in [1.29, 1.82) is 0 Å². The minimum absolute atomic E-state index is 0.188. The molecule has 0 aromatic rings. The van der Waals surface area contributed by atoms with Crippen LogP contribution in [0.2, 0.25) is 0 Å². The maximum atomic E-state index is 12.0. The molecule has 2 N–H and O–H groups in total. The van der Waals surface area contributed by atoms with Crippen LogP contribution in [-0.4, -0.2) is 13.2 Å². The summed E-state index contributed by atoms with van der Waals surface area (Å²) >= 11 is 0. The van der Waals surface area contributed by atoms with Gasteiger partial charge in [0.25, 0.3) is 0 Å². The van der Waals surface area contributed by atoms with Gasteiger partial charge in [-0.2, -0.15) is 0 Å². The minimum atomic E-state index is 0.188. The molecular weight excluding hydrogens is 169 g/mol. The Balaban J connectivity index is 3.88. The van der Waals surface area contributed by atoms with Gasteiger partial charge in [0.05, 0.1) is 12.1 Å². The fraction of sp³-hybridized carbons (Fsp3) is 0.400. The molecule has 0 unspecified atom stereocenters. The second kappa shape index (κ2) is 7.55. The molecule has 0 aliphatic heterocycles. The third-order valence-electron chi connectivity index (χ3n) is 1.43. The molecule has 0 rings (SSSR count). The van der Waals surface area contributed by atoms with Gasteiger partial charge in [-0.3, -0.25) is 0 Å². The molecule has 0 spiro atoms. The molecule has 2 nitrogen and oxygen atoms in total. The molecular formula is C10H16FNO. The summed E-state index contributed by atoms with van der Waals surface area (Å²) in [5, 5.41) is 0. The maximum absolute atomic E-state index is 12.0. The van der Waals surface area contributed by atoms with Crippen molar-refractivity contribution < 1.29 is 9.13 Å². The van der Waals surface area contributed by atoms with Crippen molar-refractivity contribution in [3.05, 3.63) is 35.9 Å². The van der Waals surface area contributed by atoms with Crippen LogP contribution in [0.1, 0.15) is 13.8 Å². The van der Waals surface area contributed by atoms with Crippen LogP contribution in [0.4, 0.5) is 4.39 Å². The SMILES string of the molecule is CC=CC=C(C)OCC(=CF)CN. The van der Waals surface area contributed by atoms with Crippen LogP contribution in [-0.2, 0) is 4.74 Å². The highest BCUT2D eigenvalue weighted by atomic mass is 19.1. The molecule has 0 heterocycles. The van der Waals surface area contributed by atoms with Crippen molar-refractivity contribution in [2.75, 3.05) is 13.2 Å². The second-order valence-electron chi connectivity index (χ2n) is 2.56. The number of ether oxygens (including phenoxy) is 1. The Kier molecular flexibility index (Phi) is 6.92. The molecule has 3 heteroatoms. The van der Waals surface area contributed by atoms with Gasteiger partial charge >= 0.3 is 0 Å². The molecule has 0 aliphatic carbocycles. The average molecular weight is 185 g/mol. The van der Waals surface area contributed by atoms with E-state index in [9.17, 15) is 4.39 Å². The molecule has 0 radical (unpaired) electrons. The number of nitrogens with two attached hydrogens (primary N) is 1. The number of rotatable bonds is 5. The first-order valence-electron chi connectivity index (χ1n) is 4.15. The van der Waals surface area contributed by atoms with Gasteiger partial charge in [-0.05, 0) is 19.9 Å². The summed E-state index contributed by atoms with van der Waals surface area (Å²) < 4.78 is 17.2. The first-order valence-corrected chi connectivity index (χ1v) is 4.15. The number of hydrogen-bond donors (Lipinski definition) is 1. The smallest absolute Gasteiger partial charge is 0.113 e. The monoisotopic (exact) mass is 185 g/mol. The van der Waals surface area contributed by atoms with Gasteiger partial charge in [0.1, 0.15) is 6.61 Å². The molecule has 0 bridgehead atoms. The first kappa shape index (κ1) is 11.9. The molecule has 0 amide bonds. The highest BCUT2D eigenvalue weighted by molar-refractivity contribution is 5.06. The summed E-state index contributed by atoms with van der Waals surface area (Å²) in [7, 11) is 0. The normalized spacial score (nSPS) is 13.8. The average Bonchev–Trinajstić information content (AvgIpc) is 2.16. The Hall–Kier alpha value is -1.09. The van der Waals surface area contributed by atoms with Crippen molar-refractivity contribution in [2.24, 2.45) is 5.73 Å². The summed E-state index contributed by atoms with van der Waals surface area (Å²) in [5.41, 5.74) is 5.70. The highest BCUT2D eigenvalue weighted by Crippen LogP contribution is 2.01. The molecule has 0 saturated heterocycles. The fourth-order valence-corrected chi connectivity index (χ4v) is 0.621. The summed E-state index contributed by atoms with van der Waals surface area (Å²) in [5.74, 6) is 0.742. The Morgan fingerprint density at radius 3 is 2.69 bits per heavy atom. The van der Waals surface area contributed by atoms with E-state index in [4.69, 9.17) is 10.5 Å². The quantitative estimate of drug-likeness (QED) is 0.527. The van der Waals surface area contributed by atoms with Crippen molar-refractivity contribution in [3.63, 3.8) is 0 Å². The van der Waals surface area contributed by atoms with E-state index in [1.807, 2.05) is 32.1 Å². The van der Waals surface area contributed by atoms with Gasteiger partial charge in [0.2, 0.25) is 0 Å². The zero-order valence-corrected chi connectivity index (χ0v) is 8.09. The third kappa shape index (κ3) is 6.11. The van der Waals surface area contributed by atoms with Crippen molar-refractivity contribution >= 4 is 0 Å². The zero-order valence-electron chi connectivity index (χ0n) is 8.09. The molecule has 0 aromatic heterocycles. The molecule has 0 atom stereocenters. The van der Waals surface area contributed by atoms with Gasteiger partial charge in [0, 0.05) is 12.1 Å². The number of allylic oxidation sites excluding steroid dienone is 4. The summed E-state index contributed by atoms with van der Waals surface area (Å²) in [6.45, 7) is 4.13. The lowest BCUT2D eigenvalue weighted by Gasteiger charge is -2.06. The van der Waals surface area contributed by atoms with Crippen molar-refractivity contribution in [3.8, 4) is 0 Å². The maximum Gasteiger partial charge on any atom is 0.113 e. The third-order valence-corrected chi connectivity index (χ3v) is 1.43. The van der Waals surface area contributed by atoms with Crippen LogP contribution >= 0.6 is 0 Å². The van der Waals surface area contributed by atoms with Crippen molar-refractivity contribution in [1.82, 2.24) is 0 Å². The van der Waals surface area contributed by atoms with Gasteiger partial charge in [-0.15, -0.1) is 0 Å². The Morgan fingerprint density at radius 2 is 2.23 bits per heavy atom. The molecule has 13 heavy (non-hydrogen) atoms. The van der Waals surface area contributed by atoms with E-state index in [2.05, 4.69) is 0 Å². The Bertz CT molecular complexity index is 219. The topological polar surface area (TPSA) is 35.2 Å². The minimum Gasteiger partial charge on any atom is -0.494 e. The largest absolute Gasteiger partial charge is 0.494 e. The Morgan fingerprint density at radius 1 is 1.54 bits per heavy atom. The lowest BCUT2D eigenvalue weighted by Crippen LogP contribution is -2.08. The van der Waals surface area contributed by atoms with E-state index in [0.717, 1.165) is 5.76 Å². The zero-order chi connectivity index (χ0) is 10.1. The van der Waals surface area contributed by atoms with Gasteiger partial charge in [-0.25, -0.2) is 4.39 Å². The van der Waals surface area contributed by atoms with Crippen LogP contribution in [0.15, 0.2) is 35.9 Å². The highest BCUT2D eigenvalue weighted by Gasteiger charge is 1.95. The van der Waals surface area contributed by atoms with Gasteiger partial charge < -0.3 is 10.5 Å². The standard InChI is InChI=1S/C10H16FNO/c1-3-4-5-9(2)13-8-10(6-11)7-12/h3-6H,7-8,12H2,1-2H3. The predicted octanol–water partition coefficient (Wildman–Crippen LogP) is 2.30. The van der Waals surface area contributed by atoms with E-state index in [1.54, 1.807) is 0 Å². The molecule has 0 aliphatic rings. The summed E-state index contributed by atoms with van der Waals surface area (Å²) in [6.07, 6.45) is 6.05. The summed E-state index contributed by atoms with van der Waals surface area (Å²) in [4.78, 5) is 0. The number of halogens is 1. The van der Waals surface area contributed by atoms with Crippen LogP contribution in [0.5, 0.6) is 0 Å². The van der Waals surface area contributed by atoms with Crippen LogP contribution < -0.4 is 5.73 Å². The lowest BCUT2D eigenvalue weighted by molar-refractivity contribution is 0.239. The number of hydrogen-bond acceptors (Lipinski definition) is 2. The van der Waals surface area contributed by atoms with E-state index in [1.165, 1.54) is 0 Å². The van der Waals surface area contributed by atoms with Crippen LogP contribution in [0.3, 0.4) is 0 Å². The van der Waals surface area contributed by atoms with E-state index in [-0.39, 0.29) is 13.2 Å². The van der Waals surface area contributed by atoms with Crippen LogP contribution in [0.25, 0.3) is 0 Å². The molecule has 0 aromatic carbocycles. The second-order valence-corrected chi connectivity index (χ2v) is 2.56. The fourth-order valence-electron chi connectivity index (χ4n) is 0.621. The predicted molar refractivity (Wildman–Crippen MR) is 52.8 cm³/mol. The van der Waals surface area contributed by atoms with Gasteiger partial charge in [-0.1, -0.05) is 12.2 Å². The first-order chi connectivity index (χ1) is 6.24. The molecule has 0 fully saturated rings. The molecule has 74 valence electrons. The summed E-state index contributed by atoms with van der Waals surface area (Å²) in [6, 6.07) is 0. The van der Waals surface area contributed by atoms with E-state index in [0.29, 0.717) is 11.9 Å². The molecule has 0 saturated carbocycles. The van der Waals surface area contributed by atoms with Gasteiger partial charge in [0.15, 0.2) is 0 Å². The van der Waals surface area contributed by atoms with Crippen LogP contribution in [0, 0.1) is 0 Å². The lowest BCUT2D eigenvalue weighted by atomic mass is 10.3. The van der Waals surface area contributed by atoms with E-state index < -0.39 is 0 Å².